The molecule has 0 aliphatic heterocycles. The number of aryl methyl sites for hydroxylation is 1. The van der Waals surface area contributed by atoms with Gasteiger partial charge >= 0.3 is 0 Å². The van der Waals surface area contributed by atoms with Crippen molar-refractivity contribution in [3.05, 3.63) is 43.0 Å². The SMILES string of the molecule is CCCCC(CCCn1ccnc1)Oc1ccc(N)cc1. The first kappa shape index (κ1) is 15.4. The van der Waals surface area contributed by atoms with Crippen LogP contribution in [0.4, 0.5) is 5.69 Å². The number of aromatic nitrogens is 2. The number of nitrogen functional groups attached to an aromatic ring is 1. The molecule has 114 valence electrons. The number of anilines is 1. The molecule has 0 saturated heterocycles. The Morgan fingerprint density at radius 1 is 1.19 bits per heavy atom. The number of hydrogen-bond acceptors (Lipinski definition) is 3. The molecule has 1 aromatic carbocycles. The van der Waals surface area contributed by atoms with Crippen LogP contribution >= 0.6 is 0 Å². The van der Waals surface area contributed by atoms with Crippen molar-refractivity contribution in [2.45, 2.75) is 51.7 Å². The maximum Gasteiger partial charge on any atom is 0.119 e. The summed E-state index contributed by atoms with van der Waals surface area (Å²) in [4.78, 5) is 4.07. The van der Waals surface area contributed by atoms with Crippen LogP contribution in [0, 0.1) is 0 Å². The minimum atomic E-state index is 0.275. The lowest BCUT2D eigenvalue weighted by atomic mass is 10.1. The fraction of sp³-hybridized carbons (Fsp3) is 0.471. The van der Waals surface area contributed by atoms with E-state index < -0.39 is 0 Å². The van der Waals surface area contributed by atoms with Gasteiger partial charge < -0.3 is 15.0 Å². The summed E-state index contributed by atoms with van der Waals surface area (Å²) < 4.78 is 8.22. The number of unbranched alkanes of at least 4 members (excludes halogenated alkanes) is 1. The lowest BCUT2D eigenvalue weighted by Gasteiger charge is -2.19. The van der Waals surface area contributed by atoms with Crippen LogP contribution in [0.15, 0.2) is 43.0 Å². The largest absolute Gasteiger partial charge is 0.490 e. The van der Waals surface area contributed by atoms with Crippen LogP contribution in [-0.2, 0) is 6.54 Å². The molecule has 1 unspecified atom stereocenters. The Morgan fingerprint density at radius 2 is 1.95 bits per heavy atom. The third-order valence-corrected chi connectivity index (χ3v) is 3.56. The first-order valence-electron chi connectivity index (χ1n) is 7.76. The van der Waals surface area contributed by atoms with E-state index in [0.717, 1.165) is 37.2 Å². The van der Waals surface area contributed by atoms with Gasteiger partial charge in [0, 0.05) is 24.6 Å². The highest BCUT2D eigenvalue weighted by atomic mass is 16.5. The lowest BCUT2D eigenvalue weighted by Crippen LogP contribution is -2.17. The van der Waals surface area contributed by atoms with Crippen molar-refractivity contribution < 1.29 is 4.74 Å². The van der Waals surface area contributed by atoms with E-state index in [9.17, 15) is 0 Å². The van der Waals surface area contributed by atoms with E-state index in [4.69, 9.17) is 10.5 Å². The first-order chi connectivity index (χ1) is 10.3. The molecule has 1 heterocycles. The van der Waals surface area contributed by atoms with Crippen LogP contribution in [0.2, 0.25) is 0 Å². The highest BCUT2D eigenvalue weighted by molar-refractivity contribution is 5.41. The number of benzene rings is 1. The molecule has 2 N–H and O–H groups in total. The molecule has 0 aliphatic carbocycles. The van der Waals surface area contributed by atoms with Crippen molar-refractivity contribution in [3.63, 3.8) is 0 Å². The molecule has 1 atom stereocenters. The number of imidazole rings is 1. The van der Waals surface area contributed by atoms with Crippen LogP contribution in [0.3, 0.4) is 0 Å². The van der Waals surface area contributed by atoms with E-state index in [-0.39, 0.29) is 6.10 Å². The topological polar surface area (TPSA) is 53.1 Å². The predicted molar refractivity (Wildman–Crippen MR) is 86.3 cm³/mol. The second kappa shape index (κ2) is 8.35. The summed E-state index contributed by atoms with van der Waals surface area (Å²) in [5.41, 5.74) is 6.48. The zero-order valence-corrected chi connectivity index (χ0v) is 12.7. The highest BCUT2D eigenvalue weighted by Crippen LogP contribution is 2.19. The van der Waals surface area contributed by atoms with Gasteiger partial charge in [-0.25, -0.2) is 4.98 Å². The number of ether oxygens (including phenoxy) is 1. The Morgan fingerprint density at radius 3 is 2.62 bits per heavy atom. The van der Waals surface area contributed by atoms with Gasteiger partial charge in [-0.15, -0.1) is 0 Å². The minimum absolute atomic E-state index is 0.275. The summed E-state index contributed by atoms with van der Waals surface area (Å²) in [5, 5.41) is 0. The third kappa shape index (κ3) is 5.50. The van der Waals surface area contributed by atoms with Gasteiger partial charge in [-0.1, -0.05) is 19.8 Å². The molecule has 4 heteroatoms. The van der Waals surface area contributed by atoms with E-state index in [2.05, 4.69) is 16.5 Å². The van der Waals surface area contributed by atoms with Gasteiger partial charge in [0.2, 0.25) is 0 Å². The van der Waals surface area contributed by atoms with Crippen molar-refractivity contribution in [2.75, 3.05) is 5.73 Å². The van der Waals surface area contributed by atoms with E-state index in [0.29, 0.717) is 0 Å². The van der Waals surface area contributed by atoms with Gasteiger partial charge in [-0.2, -0.15) is 0 Å². The second-order valence-corrected chi connectivity index (χ2v) is 5.39. The average Bonchev–Trinajstić information content (AvgIpc) is 3.00. The van der Waals surface area contributed by atoms with Gasteiger partial charge in [-0.05, 0) is 43.5 Å². The molecule has 4 nitrogen and oxygen atoms in total. The maximum absolute atomic E-state index is 6.11. The quantitative estimate of drug-likeness (QED) is 0.712. The summed E-state index contributed by atoms with van der Waals surface area (Å²) in [6.07, 6.45) is 11.6. The molecule has 0 amide bonds. The van der Waals surface area contributed by atoms with Crippen LogP contribution in [-0.4, -0.2) is 15.7 Å². The summed E-state index contributed by atoms with van der Waals surface area (Å²) in [5.74, 6) is 0.910. The Bertz CT molecular complexity index is 493. The van der Waals surface area contributed by atoms with Gasteiger partial charge in [-0.3, -0.25) is 0 Å². The molecule has 2 aromatic rings. The molecular weight excluding hydrogens is 262 g/mol. The fourth-order valence-electron chi connectivity index (χ4n) is 2.35. The molecule has 2 rings (SSSR count). The molecule has 1 aromatic heterocycles. The Hall–Kier alpha value is -1.97. The zero-order valence-electron chi connectivity index (χ0n) is 12.7. The average molecular weight is 287 g/mol. The van der Waals surface area contributed by atoms with Gasteiger partial charge in [0.1, 0.15) is 5.75 Å². The smallest absolute Gasteiger partial charge is 0.119 e. The molecule has 0 fully saturated rings. The molecular formula is C17H25N3O. The second-order valence-electron chi connectivity index (χ2n) is 5.39. The van der Waals surface area contributed by atoms with E-state index in [1.165, 1.54) is 12.8 Å². The van der Waals surface area contributed by atoms with Gasteiger partial charge in [0.15, 0.2) is 0 Å². The molecule has 0 aliphatic rings. The van der Waals surface area contributed by atoms with Crippen LogP contribution < -0.4 is 10.5 Å². The summed E-state index contributed by atoms with van der Waals surface area (Å²) in [7, 11) is 0. The van der Waals surface area contributed by atoms with Crippen LogP contribution in [0.25, 0.3) is 0 Å². The van der Waals surface area contributed by atoms with Crippen molar-refractivity contribution in [2.24, 2.45) is 0 Å². The minimum Gasteiger partial charge on any atom is -0.490 e. The highest BCUT2D eigenvalue weighted by Gasteiger charge is 2.10. The molecule has 21 heavy (non-hydrogen) atoms. The van der Waals surface area contributed by atoms with E-state index >= 15 is 0 Å². The number of nitrogens with two attached hydrogens (primary N) is 1. The fourth-order valence-corrected chi connectivity index (χ4v) is 2.35. The summed E-state index contributed by atoms with van der Waals surface area (Å²) >= 11 is 0. The number of hydrogen-bond donors (Lipinski definition) is 1. The van der Waals surface area contributed by atoms with Crippen LogP contribution in [0.1, 0.15) is 39.0 Å². The Balaban J connectivity index is 1.83. The lowest BCUT2D eigenvalue weighted by molar-refractivity contribution is 0.173. The van der Waals surface area contributed by atoms with Crippen molar-refractivity contribution >= 4 is 5.69 Å². The predicted octanol–water partition coefficient (Wildman–Crippen LogP) is 3.88. The molecule has 0 radical (unpaired) electrons. The number of rotatable bonds is 9. The molecule has 0 spiro atoms. The third-order valence-electron chi connectivity index (χ3n) is 3.56. The van der Waals surface area contributed by atoms with Gasteiger partial charge in [0.25, 0.3) is 0 Å². The summed E-state index contributed by atoms with van der Waals surface area (Å²) in [6.45, 7) is 3.21. The van der Waals surface area contributed by atoms with Gasteiger partial charge in [0.05, 0.1) is 12.4 Å². The monoisotopic (exact) mass is 287 g/mol. The standard InChI is InChI=1S/C17H25N3O/c1-2-3-5-16(6-4-12-20-13-11-19-14-20)21-17-9-7-15(18)8-10-17/h7-11,13-14,16H,2-6,12,18H2,1H3. The van der Waals surface area contributed by atoms with E-state index in [1.807, 2.05) is 43.0 Å². The Kier molecular flexibility index (Phi) is 6.13. The zero-order chi connectivity index (χ0) is 14.9. The van der Waals surface area contributed by atoms with Crippen molar-refractivity contribution in [1.29, 1.82) is 0 Å². The Labute approximate surface area is 127 Å². The molecule has 0 bridgehead atoms. The van der Waals surface area contributed by atoms with Crippen LogP contribution in [0.5, 0.6) is 5.75 Å². The first-order valence-corrected chi connectivity index (χ1v) is 7.76. The van der Waals surface area contributed by atoms with Crippen molar-refractivity contribution in [3.8, 4) is 5.75 Å². The summed E-state index contributed by atoms with van der Waals surface area (Å²) in [6, 6.07) is 7.67. The van der Waals surface area contributed by atoms with E-state index in [1.54, 1.807) is 0 Å². The maximum atomic E-state index is 6.11. The van der Waals surface area contributed by atoms with Crippen molar-refractivity contribution in [1.82, 2.24) is 9.55 Å². The normalized spacial score (nSPS) is 12.2. The molecule has 0 saturated carbocycles. The number of nitrogens with zero attached hydrogens (tertiary/aromatic N) is 2.